The first-order valence-electron chi connectivity index (χ1n) is 7.38. The lowest BCUT2D eigenvalue weighted by molar-refractivity contribution is -0.0548. The SMILES string of the molecule is N#Cc1nn(-c2cc(Cl)c(OC(O)NNC3CC3)c(Cl)c2)c(=O)[nH]c1=O. The van der Waals surface area contributed by atoms with Gasteiger partial charge in [0.1, 0.15) is 6.07 Å². The van der Waals surface area contributed by atoms with Crippen LogP contribution in [-0.2, 0) is 0 Å². The van der Waals surface area contributed by atoms with Crippen molar-refractivity contribution in [2.24, 2.45) is 0 Å². The lowest BCUT2D eigenvalue weighted by Gasteiger charge is -2.18. The molecule has 0 radical (unpaired) electrons. The Morgan fingerprint density at radius 1 is 1.38 bits per heavy atom. The molecule has 136 valence electrons. The zero-order valence-corrected chi connectivity index (χ0v) is 14.5. The average molecular weight is 399 g/mol. The maximum atomic E-state index is 11.9. The van der Waals surface area contributed by atoms with E-state index in [4.69, 9.17) is 33.2 Å². The predicted octanol–water partition coefficient (Wildman–Crippen LogP) is 0.0106. The van der Waals surface area contributed by atoms with Crippen molar-refractivity contribution in [3.63, 3.8) is 0 Å². The third-order valence-corrected chi connectivity index (χ3v) is 3.94. The molecule has 0 spiro atoms. The number of nitriles is 1. The highest BCUT2D eigenvalue weighted by atomic mass is 35.5. The standard InChI is InChI=1S/C14H12Cl2N6O4/c15-8-3-7(22-13(24)18-12(23)10(5-17)21-22)4-9(16)11(8)26-14(25)20-19-6-1-2-6/h3-4,6,14,19-20,25H,1-2H2,(H,18,23,24). The highest BCUT2D eigenvalue weighted by Gasteiger charge is 2.22. The number of aliphatic hydroxyl groups is 1. The van der Waals surface area contributed by atoms with E-state index < -0.39 is 23.4 Å². The lowest BCUT2D eigenvalue weighted by atomic mass is 10.3. The second-order valence-corrected chi connectivity index (χ2v) is 6.22. The van der Waals surface area contributed by atoms with E-state index in [1.807, 2.05) is 4.98 Å². The van der Waals surface area contributed by atoms with E-state index in [0.29, 0.717) is 0 Å². The van der Waals surface area contributed by atoms with Crippen LogP contribution >= 0.6 is 23.2 Å². The Morgan fingerprint density at radius 3 is 2.62 bits per heavy atom. The zero-order chi connectivity index (χ0) is 18.8. The Hall–Kier alpha value is -2.42. The molecule has 26 heavy (non-hydrogen) atoms. The third-order valence-electron chi connectivity index (χ3n) is 3.38. The molecule has 1 unspecified atom stereocenters. The molecule has 1 atom stereocenters. The number of aromatic amines is 1. The number of ether oxygens (including phenoxy) is 1. The van der Waals surface area contributed by atoms with Gasteiger partial charge in [-0.15, -0.1) is 5.10 Å². The van der Waals surface area contributed by atoms with Crippen molar-refractivity contribution in [1.82, 2.24) is 25.6 Å². The van der Waals surface area contributed by atoms with Crippen molar-refractivity contribution < 1.29 is 9.84 Å². The quantitative estimate of drug-likeness (QED) is 0.393. The fraction of sp³-hybridized carbons (Fsp3) is 0.286. The number of H-pyrrole nitrogens is 1. The number of hydrogen-bond donors (Lipinski definition) is 4. The van der Waals surface area contributed by atoms with E-state index in [-0.39, 0.29) is 27.5 Å². The molecule has 0 amide bonds. The van der Waals surface area contributed by atoms with E-state index in [0.717, 1.165) is 17.5 Å². The molecule has 0 saturated heterocycles. The molecule has 1 saturated carbocycles. The van der Waals surface area contributed by atoms with Crippen LogP contribution < -0.4 is 26.8 Å². The Labute approximate surface area is 155 Å². The summed E-state index contributed by atoms with van der Waals surface area (Å²) in [4.78, 5) is 25.3. The summed E-state index contributed by atoms with van der Waals surface area (Å²) in [7, 11) is 0. The minimum absolute atomic E-state index is 0.0156. The lowest BCUT2D eigenvalue weighted by Crippen LogP contribution is -2.45. The van der Waals surface area contributed by atoms with E-state index in [1.54, 1.807) is 6.07 Å². The molecule has 4 N–H and O–H groups in total. The van der Waals surface area contributed by atoms with Crippen molar-refractivity contribution in [2.45, 2.75) is 25.3 Å². The molecule has 1 aromatic carbocycles. The van der Waals surface area contributed by atoms with Gasteiger partial charge >= 0.3 is 5.69 Å². The van der Waals surface area contributed by atoms with Gasteiger partial charge in [0, 0.05) is 6.04 Å². The van der Waals surface area contributed by atoms with E-state index in [1.165, 1.54) is 12.1 Å². The highest BCUT2D eigenvalue weighted by molar-refractivity contribution is 6.37. The van der Waals surface area contributed by atoms with Crippen LogP contribution in [0, 0.1) is 11.3 Å². The molecule has 1 heterocycles. The number of nitrogens with one attached hydrogen (secondary N) is 3. The topological polar surface area (TPSA) is 145 Å². The summed E-state index contributed by atoms with van der Waals surface area (Å²) in [6.07, 6.45) is 0.596. The van der Waals surface area contributed by atoms with Gasteiger partial charge in [0.15, 0.2) is 5.75 Å². The minimum atomic E-state index is -1.41. The van der Waals surface area contributed by atoms with Crippen molar-refractivity contribution in [3.05, 3.63) is 48.7 Å². The molecule has 1 fully saturated rings. The van der Waals surface area contributed by atoms with E-state index in [2.05, 4.69) is 16.0 Å². The minimum Gasteiger partial charge on any atom is -0.447 e. The van der Waals surface area contributed by atoms with Gasteiger partial charge in [0.05, 0.1) is 15.7 Å². The van der Waals surface area contributed by atoms with Crippen LogP contribution in [0.1, 0.15) is 18.5 Å². The number of aliphatic hydroxyl groups excluding tert-OH is 1. The third kappa shape index (κ3) is 4.04. The summed E-state index contributed by atoms with van der Waals surface area (Å²) < 4.78 is 6.01. The van der Waals surface area contributed by atoms with Gasteiger partial charge in [-0.1, -0.05) is 23.2 Å². The van der Waals surface area contributed by atoms with E-state index in [9.17, 15) is 14.7 Å². The first-order chi connectivity index (χ1) is 12.4. The average Bonchev–Trinajstić information content (AvgIpc) is 3.40. The second kappa shape index (κ2) is 7.45. The maximum Gasteiger partial charge on any atom is 0.349 e. The molecule has 10 nitrogen and oxygen atoms in total. The second-order valence-electron chi connectivity index (χ2n) is 5.40. The van der Waals surface area contributed by atoms with Crippen LogP contribution in [0.2, 0.25) is 10.0 Å². The zero-order valence-electron chi connectivity index (χ0n) is 13.0. The molecular formula is C14H12Cl2N6O4. The molecule has 0 aliphatic heterocycles. The van der Waals surface area contributed by atoms with Gasteiger partial charge in [0.25, 0.3) is 12.0 Å². The Morgan fingerprint density at radius 2 is 2.04 bits per heavy atom. The van der Waals surface area contributed by atoms with Crippen LogP contribution in [0.3, 0.4) is 0 Å². The summed E-state index contributed by atoms with van der Waals surface area (Å²) in [6, 6.07) is 4.44. The highest BCUT2D eigenvalue weighted by Crippen LogP contribution is 2.35. The predicted molar refractivity (Wildman–Crippen MR) is 91.1 cm³/mol. The smallest absolute Gasteiger partial charge is 0.349 e. The van der Waals surface area contributed by atoms with Crippen molar-refractivity contribution >= 4 is 23.2 Å². The molecular weight excluding hydrogens is 387 g/mol. The molecule has 0 bridgehead atoms. The van der Waals surface area contributed by atoms with E-state index >= 15 is 0 Å². The number of aromatic nitrogens is 3. The molecule has 1 aromatic heterocycles. The van der Waals surface area contributed by atoms with Gasteiger partial charge in [-0.25, -0.2) is 10.2 Å². The maximum absolute atomic E-state index is 11.9. The van der Waals surface area contributed by atoms with Gasteiger partial charge in [-0.05, 0) is 25.0 Å². The summed E-state index contributed by atoms with van der Waals surface area (Å²) in [5, 5.41) is 22.3. The summed E-state index contributed by atoms with van der Waals surface area (Å²) >= 11 is 12.2. The molecule has 1 aliphatic rings. The van der Waals surface area contributed by atoms with Crippen LogP contribution in [0.5, 0.6) is 5.75 Å². The number of rotatable bonds is 6. The van der Waals surface area contributed by atoms with Gasteiger partial charge < -0.3 is 9.84 Å². The fourth-order valence-corrected chi connectivity index (χ4v) is 2.55. The van der Waals surface area contributed by atoms with Crippen molar-refractivity contribution in [2.75, 3.05) is 0 Å². The van der Waals surface area contributed by atoms with Crippen LogP contribution in [0.4, 0.5) is 0 Å². The molecule has 2 aromatic rings. The molecule has 1 aliphatic carbocycles. The summed E-state index contributed by atoms with van der Waals surface area (Å²) in [6.45, 7) is 0. The molecule has 12 heteroatoms. The first kappa shape index (κ1) is 18.4. The van der Waals surface area contributed by atoms with Crippen LogP contribution in [0.15, 0.2) is 21.7 Å². The van der Waals surface area contributed by atoms with Gasteiger partial charge in [-0.3, -0.25) is 9.78 Å². The monoisotopic (exact) mass is 398 g/mol. The number of halogens is 2. The van der Waals surface area contributed by atoms with Crippen molar-refractivity contribution in [3.8, 4) is 17.5 Å². The first-order valence-corrected chi connectivity index (χ1v) is 8.13. The Balaban J connectivity index is 1.88. The number of hydrazine groups is 1. The Kier molecular flexibility index (Phi) is 5.26. The largest absolute Gasteiger partial charge is 0.447 e. The van der Waals surface area contributed by atoms with Crippen LogP contribution in [0.25, 0.3) is 5.69 Å². The van der Waals surface area contributed by atoms with Gasteiger partial charge in [0.2, 0.25) is 5.69 Å². The van der Waals surface area contributed by atoms with Gasteiger partial charge in [-0.2, -0.15) is 15.4 Å². The van der Waals surface area contributed by atoms with Crippen molar-refractivity contribution in [1.29, 1.82) is 5.26 Å². The molecule has 3 rings (SSSR count). The summed E-state index contributed by atoms with van der Waals surface area (Å²) in [5.74, 6) is -0.0207. The normalized spacial score (nSPS) is 14.7. The Bertz CT molecular complexity index is 971. The number of nitrogens with zero attached hydrogens (tertiary/aromatic N) is 3. The van der Waals surface area contributed by atoms with Crippen LogP contribution in [-0.4, -0.2) is 32.3 Å². The number of hydrogen-bond acceptors (Lipinski definition) is 8. The summed E-state index contributed by atoms with van der Waals surface area (Å²) in [5.41, 5.74) is 3.23. The fourth-order valence-electron chi connectivity index (χ4n) is 1.99. The number of benzene rings is 1.